The molecule has 1 saturated carbocycles. The topological polar surface area (TPSA) is 0 Å². The Hall–Kier alpha value is -0.520. The SMILES string of the molecule is C=C(C)C=CC1C(C)C1C. The highest BCUT2D eigenvalue weighted by Gasteiger charge is 2.40. The minimum Gasteiger partial charge on any atom is -0.0961 e. The van der Waals surface area contributed by atoms with Gasteiger partial charge in [-0.2, -0.15) is 0 Å². The molecule has 2 unspecified atom stereocenters. The maximum absolute atomic E-state index is 3.82. The fourth-order valence-electron chi connectivity index (χ4n) is 1.33. The molecule has 1 fully saturated rings. The van der Waals surface area contributed by atoms with Gasteiger partial charge in [0.15, 0.2) is 0 Å². The number of hydrogen-bond donors (Lipinski definition) is 0. The molecule has 1 aliphatic carbocycles. The summed E-state index contributed by atoms with van der Waals surface area (Å²) in [5.74, 6) is 2.63. The minimum absolute atomic E-state index is 0.830. The first-order chi connectivity index (χ1) is 4.63. The third kappa shape index (κ3) is 1.50. The molecule has 0 aliphatic heterocycles. The molecular formula is C10H16. The summed E-state index contributed by atoms with van der Waals surface area (Å²) in [6, 6.07) is 0. The van der Waals surface area contributed by atoms with Gasteiger partial charge >= 0.3 is 0 Å². The van der Waals surface area contributed by atoms with Crippen LogP contribution in [0.1, 0.15) is 20.8 Å². The van der Waals surface area contributed by atoms with Crippen LogP contribution < -0.4 is 0 Å². The van der Waals surface area contributed by atoms with Gasteiger partial charge < -0.3 is 0 Å². The van der Waals surface area contributed by atoms with Crippen molar-refractivity contribution in [2.24, 2.45) is 17.8 Å². The van der Waals surface area contributed by atoms with Crippen LogP contribution in [-0.2, 0) is 0 Å². The van der Waals surface area contributed by atoms with Crippen LogP contribution in [0.3, 0.4) is 0 Å². The van der Waals surface area contributed by atoms with Crippen LogP contribution in [0, 0.1) is 17.8 Å². The smallest absolute Gasteiger partial charge is 0.0173 e. The average molecular weight is 136 g/mol. The largest absolute Gasteiger partial charge is 0.0961 e. The summed E-state index contributed by atoms with van der Waals surface area (Å²) >= 11 is 0. The Bertz CT molecular complexity index is 157. The van der Waals surface area contributed by atoms with Crippen molar-refractivity contribution in [3.63, 3.8) is 0 Å². The molecule has 0 saturated heterocycles. The summed E-state index contributed by atoms with van der Waals surface area (Å²) in [5, 5.41) is 0. The van der Waals surface area contributed by atoms with Gasteiger partial charge in [0.25, 0.3) is 0 Å². The fourth-order valence-corrected chi connectivity index (χ4v) is 1.33. The van der Waals surface area contributed by atoms with E-state index in [9.17, 15) is 0 Å². The Labute approximate surface area is 63.6 Å². The molecule has 1 aliphatic rings. The molecule has 1 rings (SSSR count). The Kier molecular flexibility index (Phi) is 1.98. The lowest BCUT2D eigenvalue weighted by Crippen LogP contribution is -1.70. The molecule has 0 spiro atoms. The molecule has 0 radical (unpaired) electrons. The lowest BCUT2D eigenvalue weighted by Gasteiger charge is -1.84. The van der Waals surface area contributed by atoms with Gasteiger partial charge in [-0.3, -0.25) is 0 Å². The first-order valence-corrected chi connectivity index (χ1v) is 3.96. The fraction of sp³-hybridized carbons (Fsp3) is 0.600. The van der Waals surface area contributed by atoms with Crippen LogP contribution in [-0.4, -0.2) is 0 Å². The number of hydrogen-bond acceptors (Lipinski definition) is 0. The Morgan fingerprint density at radius 1 is 1.30 bits per heavy atom. The van der Waals surface area contributed by atoms with Crippen LogP contribution in [0.25, 0.3) is 0 Å². The number of allylic oxidation sites excluding steroid dienone is 3. The first-order valence-electron chi connectivity index (χ1n) is 3.96. The standard InChI is InChI=1S/C10H16/c1-7(2)5-6-10-8(3)9(10)4/h5-6,8-10H,1H2,2-4H3. The summed E-state index contributed by atoms with van der Waals surface area (Å²) in [4.78, 5) is 0. The molecule has 56 valence electrons. The van der Waals surface area contributed by atoms with Crippen molar-refractivity contribution >= 4 is 0 Å². The third-order valence-electron chi connectivity index (χ3n) is 2.51. The van der Waals surface area contributed by atoms with Gasteiger partial charge in [-0.1, -0.05) is 38.2 Å². The van der Waals surface area contributed by atoms with Gasteiger partial charge in [0, 0.05) is 0 Å². The van der Waals surface area contributed by atoms with Gasteiger partial charge in [-0.15, -0.1) is 0 Å². The zero-order valence-corrected chi connectivity index (χ0v) is 7.09. The molecule has 0 N–H and O–H groups in total. The third-order valence-corrected chi connectivity index (χ3v) is 2.51. The molecule has 0 aromatic carbocycles. The lowest BCUT2D eigenvalue weighted by atomic mass is 10.2. The second-order valence-electron chi connectivity index (χ2n) is 3.50. The molecule has 0 heteroatoms. The predicted molar refractivity (Wildman–Crippen MR) is 45.8 cm³/mol. The molecule has 2 atom stereocenters. The molecule has 0 nitrogen and oxygen atoms in total. The van der Waals surface area contributed by atoms with E-state index in [2.05, 4.69) is 32.6 Å². The zero-order valence-electron chi connectivity index (χ0n) is 7.09. The van der Waals surface area contributed by atoms with Crippen LogP contribution in [0.5, 0.6) is 0 Å². The van der Waals surface area contributed by atoms with Crippen LogP contribution in [0.15, 0.2) is 24.3 Å². The Morgan fingerprint density at radius 3 is 2.10 bits per heavy atom. The monoisotopic (exact) mass is 136 g/mol. The molecule has 0 aromatic heterocycles. The van der Waals surface area contributed by atoms with E-state index in [0.717, 1.165) is 23.3 Å². The average Bonchev–Trinajstić information content (AvgIpc) is 2.38. The van der Waals surface area contributed by atoms with Crippen molar-refractivity contribution in [3.8, 4) is 0 Å². The van der Waals surface area contributed by atoms with Crippen LogP contribution >= 0.6 is 0 Å². The maximum Gasteiger partial charge on any atom is -0.0173 e. The van der Waals surface area contributed by atoms with E-state index in [0.29, 0.717) is 0 Å². The van der Waals surface area contributed by atoms with E-state index in [1.165, 1.54) is 0 Å². The first kappa shape index (κ1) is 7.59. The summed E-state index contributed by atoms with van der Waals surface area (Å²) in [6.45, 7) is 10.5. The molecular weight excluding hydrogens is 120 g/mol. The van der Waals surface area contributed by atoms with Crippen molar-refractivity contribution in [1.82, 2.24) is 0 Å². The highest BCUT2D eigenvalue weighted by atomic mass is 14.4. The molecule has 0 amide bonds. The second kappa shape index (κ2) is 2.61. The lowest BCUT2D eigenvalue weighted by molar-refractivity contribution is 0.834. The van der Waals surface area contributed by atoms with E-state index in [1.54, 1.807) is 0 Å². The zero-order chi connectivity index (χ0) is 7.72. The molecule has 10 heavy (non-hydrogen) atoms. The minimum atomic E-state index is 0.830. The molecule has 0 heterocycles. The van der Waals surface area contributed by atoms with Crippen molar-refractivity contribution in [2.45, 2.75) is 20.8 Å². The van der Waals surface area contributed by atoms with Crippen LogP contribution in [0.2, 0.25) is 0 Å². The van der Waals surface area contributed by atoms with E-state index >= 15 is 0 Å². The van der Waals surface area contributed by atoms with Crippen molar-refractivity contribution in [3.05, 3.63) is 24.3 Å². The van der Waals surface area contributed by atoms with E-state index in [-0.39, 0.29) is 0 Å². The quantitative estimate of drug-likeness (QED) is 0.512. The van der Waals surface area contributed by atoms with Crippen LogP contribution in [0.4, 0.5) is 0 Å². The van der Waals surface area contributed by atoms with Gasteiger partial charge in [-0.05, 0) is 24.7 Å². The Balaban J connectivity index is 2.35. The normalized spacial score (nSPS) is 38.5. The summed E-state index contributed by atoms with van der Waals surface area (Å²) in [7, 11) is 0. The predicted octanol–water partition coefficient (Wildman–Crippen LogP) is 3.02. The molecule has 0 aromatic rings. The highest BCUT2D eigenvalue weighted by Crippen LogP contribution is 2.46. The van der Waals surface area contributed by atoms with Gasteiger partial charge in [0.1, 0.15) is 0 Å². The van der Waals surface area contributed by atoms with Crippen molar-refractivity contribution < 1.29 is 0 Å². The summed E-state index contributed by atoms with van der Waals surface area (Å²) < 4.78 is 0. The van der Waals surface area contributed by atoms with Gasteiger partial charge in [0.2, 0.25) is 0 Å². The summed E-state index contributed by atoms with van der Waals surface area (Å²) in [6.07, 6.45) is 4.42. The Morgan fingerprint density at radius 2 is 1.80 bits per heavy atom. The van der Waals surface area contributed by atoms with E-state index in [4.69, 9.17) is 0 Å². The molecule has 0 bridgehead atoms. The number of rotatable bonds is 2. The summed E-state index contributed by atoms with van der Waals surface area (Å²) in [5.41, 5.74) is 1.16. The van der Waals surface area contributed by atoms with Gasteiger partial charge in [0.05, 0.1) is 0 Å². The van der Waals surface area contributed by atoms with Crippen molar-refractivity contribution in [1.29, 1.82) is 0 Å². The maximum atomic E-state index is 3.82. The highest BCUT2D eigenvalue weighted by molar-refractivity contribution is 5.16. The van der Waals surface area contributed by atoms with Crippen molar-refractivity contribution in [2.75, 3.05) is 0 Å². The van der Waals surface area contributed by atoms with E-state index in [1.807, 2.05) is 6.92 Å². The van der Waals surface area contributed by atoms with E-state index < -0.39 is 0 Å². The second-order valence-corrected chi connectivity index (χ2v) is 3.50. The van der Waals surface area contributed by atoms with Gasteiger partial charge in [-0.25, -0.2) is 0 Å².